The normalized spacial score (nSPS) is 19.9. The molecule has 0 radical (unpaired) electrons. The van der Waals surface area contributed by atoms with Gasteiger partial charge in [0.05, 0.1) is 24.5 Å². The van der Waals surface area contributed by atoms with E-state index in [0.29, 0.717) is 33.4 Å². The largest absolute Gasteiger partial charge is 0.450 e. The van der Waals surface area contributed by atoms with E-state index in [1.165, 1.54) is 0 Å². The van der Waals surface area contributed by atoms with Crippen molar-refractivity contribution >= 4 is 63.6 Å². The highest BCUT2D eigenvalue weighted by Crippen LogP contribution is 2.32. The lowest BCUT2D eigenvalue weighted by Gasteiger charge is -2.44. The molecule has 2 unspecified atom stereocenters. The fourth-order valence-electron chi connectivity index (χ4n) is 4.07. The maximum atomic E-state index is 14.7. The molecule has 30 heavy (non-hydrogen) atoms. The second-order valence-corrected chi connectivity index (χ2v) is 16.1. The van der Waals surface area contributed by atoms with Gasteiger partial charge in [-0.2, -0.15) is 0 Å². The molecule has 1 aromatic carbocycles. The number of ether oxygens (including phenoxy) is 1. The molecule has 164 valence electrons. The van der Waals surface area contributed by atoms with Gasteiger partial charge in [0.25, 0.3) is 5.56 Å². The van der Waals surface area contributed by atoms with Gasteiger partial charge in [-0.05, 0) is 70.3 Å². The number of carbonyl (C=O) groups is 1. The summed E-state index contributed by atoms with van der Waals surface area (Å²) in [7, 11) is -1.68. The summed E-state index contributed by atoms with van der Waals surface area (Å²) in [6, 6.07) is 1.64. The third kappa shape index (κ3) is 4.90. The fourth-order valence-corrected chi connectivity index (χ4v) is 7.13. The van der Waals surface area contributed by atoms with E-state index < -0.39 is 13.9 Å². The first kappa shape index (κ1) is 23.6. The number of fused-ring (bicyclic) bond motifs is 1. The quantitative estimate of drug-likeness (QED) is 0.298. The SMILES string of the molecule is CCOC(=O)N1CCC(Cc2nc3c(F)c(Br)c(I)cc3c(=O)[nH]2)CC1[Si](C)(C)C. The molecule has 1 amide bonds. The van der Waals surface area contributed by atoms with Gasteiger partial charge in [-0.3, -0.25) is 4.79 Å². The minimum absolute atomic E-state index is 0.0896. The number of aromatic amines is 1. The number of aromatic nitrogens is 2. The van der Waals surface area contributed by atoms with Gasteiger partial charge in [0.15, 0.2) is 5.82 Å². The molecule has 1 aliphatic rings. The highest BCUT2D eigenvalue weighted by atomic mass is 127. The van der Waals surface area contributed by atoms with Gasteiger partial charge in [0, 0.05) is 22.2 Å². The number of likely N-dealkylation sites (tertiary alicyclic amines) is 1. The van der Waals surface area contributed by atoms with E-state index in [0.717, 1.165) is 12.8 Å². The lowest BCUT2D eigenvalue weighted by molar-refractivity contribution is 0.0809. The van der Waals surface area contributed by atoms with E-state index in [-0.39, 0.29) is 34.1 Å². The van der Waals surface area contributed by atoms with Crippen LogP contribution in [0.15, 0.2) is 15.3 Å². The molecule has 0 saturated carbocycles. The highest BCUT2D eigenvalue weighted by molar-refractivity contribution is 14.1. The second kappa shape index (κ2) is 9.23. The van der Waals surface area contributed by atoms with Crippen molar-refractivity contribution in [1.29, 1.82) is 0 Å². The van der Waals surface area contributed by atoms with Crippen LogP contribution in [0.4, 0.5) is 9.18 Å². The summed E-state index contributed by atoms with van der Waals surface area (Å²) in [6.45, 7) is 9.53. The first-order valence-electron chi connectivity index (χ1n) is 10.0. The maximum absolute atomic E-state index is 14.7. The third-order valence-electron chi connectivity index (χ3n) is 5.58. The van der Waals surface area contributed by atoms with Crippen molar-refractivity contribution in [3.05, 3.63) is 36.1 Å². The van der Waals surface area contributed by atoms with Crippen molar-refractivity contribution in [2.24, 2.45) is 5.92 Å². The number of rotatable bonds is 4. The highest BCUT2D eigenvalue weighted by Gasteiger charge is 2.40. The van der Waals surface area contributed by atoms with Crippen LogP contribution in [0, 0.1) is 15.3 Å². The Kier molecular flexibility index (Phi) is 7.28. The summed E-state index contributed by atoms with van der Waals surface area (Å²) < 4.78 is 20.9. The predicted molar refractivity (Wildman–Crippen MR) is 130 cm³/mol. The van der Waals surface area contributed by atoms with Crippen LogP contribution in [0.25, 0.3) is 10.9 Å². The van der Waals surface area contributed by atoms with E-state index in [1.54, 1.807) is 6.07 Å². The van der Waals surface area contributed by atoms with Gasteiger partial charge >= 0.3 is 6.09 Å². The number of piperidine rings is 1. The molecule has 1 fully saturated rings. The summed E-state index contributed by atoms with van der Waals surface area (Å²) in [5.74, 6) is 0.230. The molecule has 10 heteroatoms. The third-order valence-corrected chi connectivity index (χ3v) is 10.5. The first-order valence-corrected chi connectivity index (χ1v) is 15.5. The molecule has 1 N–H and O–H groups in total. The Morgan fingerprint density at radius 2 is 2.17 bits per heavy atom. The van der Waals surface area contributed by atoms with Gasteiger partial charge in [0.2, 0.25) is 0 Å². The van der Waals surface area contributed by atoms with Gasteiger partial charge < -0.3 is 14.6 Å². The number of hydrogen-bond acceptors (Lipinski definition) is 4. The molecular formula is C20H26BrFIN3O3Si. The number of halogens is 3. The van der Waals surface area contributed by atoms with Crippen molar-refractivity contribution in [3.63, 3.8) is 0 Å². The summed E-state index contributed by atoms with van der Waals surface area (Å²) in [5, 5.41) is 0.251. The smallest absolute Gasteiger partial charge is 0.409 e. The Morgan fingerprint density at radius 3 is 2.80 bits per heavy atom. The molecule has 2 heterocycles. The van der Waals surface area contributed by atoms with Crippen molar-refractivity contribution < 1.29 is 13.9 Å². The van der Waals surface area contributed by atoms with Gasteiger partial charge in [-0.1, -0.05) is 19.6 Å². The zero-order chi connectivity index (χ0) is 22.2. The van der Waals surface area contributed by atoms with Crippen LogP contribution in [0.3, 0.4) is 0 Å². The summed E-state index contributed by atoms with van der Waals surface area (Å²) in [5.41, 5.74) is -0.0910. The molecule has 2 atom stereocenters. The van der Waals surface area contributed by atoms with Gasteiger partial charge in [-0.15, -0.1) is 0 Å². The first-order chi connectivity index (χ1) is 14.0. The molecule has 2 aromatic rings. The molecule has 6 nitrogen and oxygen atoms in total. The molecule has 0 aliphatic carbocycles. The number of benzene rings is 1. The number of nitrogens with one attached hydrogen (secondary N) is 1. The van der Waals surface area contributed by atoms with Crippen LogP contribution >= 0.6 is 38.5 Å². The average molecular weight is 610 g/mol. The Bertz CT molecular complexity index is 1030. The standard InChI is InChI=1S/C20H26BrFIN3O3Si/c1-5-29-20(28)26-7-6-11(9-15(26)30(2,3)4)8-14-24-18-12(19(27)25-14)10-13(23)16(21)17(18)22/h10-11,15H,5-9H2,1-4H3,(H,24,25,27). The Labute approximate surface area is 198 Å². The van der Waals surface area contributed by atoms with Crippen molar-refractivity contribution in [1.82, 2.24) is 14.9 Å². The second-order valence-electron chi connectivity index (χ2n) is 8.76. The molecule has 1 saturated heterocycles. The van der Waals surface area contributed by atoms with Gasteiger partial charge in [-0.25, -0.2) is 14.2 Å². The Balaban J connectivity index is 1.87. The zero-order valence-corrected chi connectivity index (χ0v) is 22.3. The lowest BCUT2D eigenvalue weighted by Crippen LogP contribution is -2.57. The lowest BCUT2D eigenvalue weighted by atomic mass is 9.93. The van der Waals surface area contributed by atoms with Crippen LogP contribution in [-0.2, 0) is 11.2 Å². The maximum Gasteiger partial charge on any atom is 0.409 e. The van der Waals surface area contributed by atoms with Crippen LogP contribution in [0.5, 0.6) is 0 Å². The minimum atomic E-state index is -1.68. The molecule has 1 aromatic heterocycles. The number of nitrogens with zero attached hydrogens (tertiary/aromatic N) is 2. The van der Waals surface area contributed by atoms with Crippen molar-refractivity contribution in [2.45, 2.75) is 51.5 Å². The van der Waals surface area contributed by atoms with E-state index in [4.69, 9.17) is 4.74 Å². The van der Waals surface area contributed by atoms with E-state index in [9.17, 15) is 14.0 Å². The zero-order valence-electron chi connectivity index (χ0n) is 17.5. The number of amides is 1. The average Bonchev–Trinajstić information content (AvgIpc) is 2.67. The van der Waals surface area contributed by atoms with Crippen LogP contribution in [-0.4, -0.2) is 47.9 Å². The number of hydrogen-bond donors (Lipinski definition) is 1. The minimum Gasteiger partial charge on any atom is -0.450 e. The molecule has 1 aliphatic heterocycles. The number of carbonyl (C=O) groups excluding carboxylic acids is 1. The number of H-pyrrole nitrogens is 1. The van der Waals surface area contributed by atoms with Crippen molar-refractivity contribution in [2.75, 3.05) is 13.2 Å². The Morgan fingerprint density at radius 1 is 1.47 bits per heavy atom. The molecule has 0 bridgehead atoms. The van der Waals surface area contributed by atoms with E-state index in [2.05, 4.69) is 45.5 Å². The Hall–Kier alpha value is -1.01. The van der Waals surface area contributed by atoms with Crippen molar-refractivity contribution in [3.8, 4) is 0 Å². The van der Waals surface area contributed by atoms with Crippen LogP contribution in [0.2, 0.25) is 19.6 Å². The molecule has 3 rings (SSSR count). The summed E-state index contributed by atoms with van der Waals surface area (Å²) >= 11 is 5.22. The van der Waals surface area contributed by atoms with E-state index in [1.807, 2.05) is 34.4 Å². The molecule has 0 spiro atoms. The monoisotopic (exact) mass is 609 g/mol. The van der Waals surface area contributed by atoms with Crippen LogP contribution in [0.1, 0.15) is 25.6 Å². The molecular weight excluding hydrogens is 584 g/mol. The predicted octanol–water partition coefficient (Wildman–Crippen LogP) is 5.09. The van der Waals surface area contributed by atoms with E-state index >= 15 is 0 Å². The van der Waals surface area contributed by atoms with Crippen LogP contribution < -0.4 is 5.56 Å². The fraction of sp³-hybridized carbons (Fsp3) is 0.550. The topological polar surface area (TPSA) is 75.3 Å². The summed E-state index contributed by atoms with van der Waals surface area (Å²) in [4.78, 5) is 34.1. The van der Waals surface area contributed by atoms with Gasteiger partial charge in [0.1, 0.15) is 11.3 Å². The summed E-state index contributed by atoms with van der Waals surface area (Å²) in [6.07, 6.45) is 1.92.